The molecule has 0 amide bonds. The molecule has 0 atom stereocenters. The number of pyridine rings is 1. The molecule has 112 valence electrons. The molecule has 0 saturated carbocycles. The molecule has 0 unspecified atom stereocenters. The molecule has 7 heteroatoms. The van der Waals surface area contributed by atoms with Crippen molar-refractivity contribution in [1.82, 2.24) is 10.1 Å². The van der Waals surface area contributed by atoms with E-state index in [0.717, 1.165) is 0 Å². The van der Waals surface area contributed by atoms with Crippen molar-refractivity contribution in [3.05, 3.63) is 74.4 Å². The molecule has 0 saturated heterocycles. The molecular formula is C16H7ClN2O4. The van der Waals surface area contributed by atoms with Gasteiger partial charge in [0.05, 0.1) is 5.56 Å². The molecule has 0 radical (unpaired) electrons. The number of halogens is 1. The fraction of sp³-hybridized carbons (Fsp3) is 0. The van der Waals surface area contributed by atoms with Crippen molar-refractivity contribution in [2.45, 2.75) is 0 Å². The monoisotopic (exact) mass is 326 g/mol. The number of rotatable bonds is 1. The number of carbonyl (C=O) groups is 2. The minimum Gasteiger partial charge on any atom is -0.351 e. The highest BCUT2D eigenvalue weighted by molar-refractivity contribution is 6.31. The van der Waals surface area contributed by atoms with Crippen LogP contribution < -0.4 is 5.56 Å². The van der Waals surface area contributed by atoms with E-state index in [1.165, 1.54) is 12.1 Å². The quantitative estimate of drug-likeness (QED) is 0.580. The molecule has 4 rings (SSSR count). The number of aromatic amines is 1. The first-order valence-electron chi connectivity index (χ1n) is 6.64. The van der Waals surface area contributed by atoms with Gasteiger partial charge in [-0.2, -0.15) is 0 Å². The molecule has 1 aliphatic rings. The number of carbonyl (C=O) groups excluding carboxylic acids is 2. The second kappa shape index (κ2) is 4.76. The van der Waals surface area contributed by atoms with E-state index in [-0.39, 0.29) is 28.3 Å². The summed E-state index contributed by atoms with van der Waals surface area (Å²) in [5.74, 6) is -1.16. The third-order valence-electron chi connectivity index (χ3n) is 3.63. The van der Waals surface area contributed by atoms with Gasteiger partial charge in [-0.3, -0.25) is 14.4 Å². The van der Waals surface area contributed by atoms with Crippen molar-refractivity contribution < 1.29 is 14.1 Å². The molecule has 1 N–H and O–H groups in total. The first kappa shape index (κ1) is 13.7. The predicted octanol–water partition coefficient (Wildman–Crippen LogP) is 2.46. The molecule has 0 fully saturated rings. The molecule has 1 aromatic carbocycles. The van der Waals surface area contributed by atoms with E-state index in [4.69, 9.17) is 16.1 Å². The number of H-pyrrole nitrogens is 1. The van der Waals surface area contributed by atoms with Crippen LogP contribution in [0.15, 0.2) is 45.7 Å². The third-order valence-corrected chi connectivity index (χ3v) is 3.89. The SMILES string of the molecule is O=C1c2[nH]c(=O)ccc2C(=O)c2c(-c3ccc(Cl)cc3)noc21. The van der Waals surface area contributed by atoms with Crippen LogP contribution in [-0.4, -0.2) is 21.7 Å². The molecule has 0 spiro atoms. The Morgan fingerprint density at radius 2 is 1.70 bits per heavy atom. The third kappa shape index (κ3) is 1.96. The van der Waals surface area contributed by atoms with Gasteiger partial charge in [0.1, 0.15) is 17.0 Å². The molecule has 1 aliphatic carbocycles. The van der Waals surface area contributed by atoms with Crippen molar-refractivity contribution in [3.63, 3.8) is 0 Å². The number of aromatic nitrogens is 2. The van der Waals surface area contributed by atoms with Gasteiger partial charge in [-0.25, -0.2) is 0 Å². The number of hydrogen-bond acceptors (Lipinski definition) is 5. The highest BCUT2D eigenvalue weighted by Gasteiger charge is 2.37. The maximum absolute atomic E-state index is 12.7. The Kier molecular flexibility index (Phi) is 2.82. The highest BCUT2D eigenvalue weighted by Crippen LogP contribution is 2.33. The average molecular weight is 327 g/mol. The summed E-state index contributed by atoms with van der Waals surface area (Å²) in [6, 6.07) is 9.19. The highest BCUT2D eigenvalue weighted by atomic mass is 35.5. The Labute approximate surface area is 133 Å². The summed E-state index contributed by atoms with van der Waals surface area (Å²) in [6.45, 7) is 0. The van der Waals surface area contributed by atoms with E-state index in [9.17, 15) is 14.4 Å². The van der Waals surface area contributed by atoms with Gasteiger partial charge in [0.25, 0.3) is 0 Å². The normalized spacial score (nSPS) is 12.9. The van der Waals surface area contributed by atoms with E-state index in [1.807, 2.05) is 0 Å². The molecule has 23 heavy (non-hydrogen) atoms. The molecular weight excluding hydrogens is 320 g/mol. The first-order valence-corrected chi connectivity index (χ1v) is 7.02. The van der Waals surface area contributed by atoms with Crippen LogP contribution in [0.4, 0.5) is 0 Å². The first-order chi connectivity index (χ1) is 11.1. The smallest absolute Gasteiger partial charge is 0.248 e. The van der Waals surface area contributed by atoms with Crippen LogP contribution in [0, 0.1) is 0 Å². The summed E-state index contributed by atoms with van der Waals surface area (Å²) in [5.41, 5.74) is 0.553. The van der Waals surface area contributed by atoms with E-state index < -0.39 is 17.1 Å². The van der Waals surface area contributed by atoms with Gasteiger partial charge >= 0.3 is 0 Å². The second-order valence-electron chi connectivity index (χ2n) is 5.01. The van der Waals surface area contributed by atoms with Crippen LogP contribution in [0.5, 0.6) is 0 Å². The zero-order chi connectivity index (χ0) is 16.1. The zero-order valence-corrected chi connectivity index (χ0v) is 12.2. The lowest BCUT2D eigenvalue weighted by Gasteiger charge is -2.12. The van der Waals surface area contributed by atoms with Crippen LogP contribution in [0.2, 0.25) is 5.02 Å². The summed E-state index contributed by atoms with van der Waals surface area (Å²) in [7, 11) is 0. The fourth-order valence-corrected chi connectivity index (χ4v) is 2.68. The van der Waals surface area contributed by atoms with E-state index in [0.29, 0.717) is 10.6 Å². The molecule has 0 bridgehead atoms. The topological polar surface area (TPSA) is 93.0 Å². The van der Waals surface area contributed by atoms with Gasteiger partial charge in [-0.1, -0.05) is 28.9 Å². The number of benzene rings is 1. The summed E-state index contributed by atoms with van der Waals surface area (Å²) in [5, 5.41) is 4.39. The molecule has 3 aromatic rings. The van der Waals surface area contributed by atoms with Gasteiger partial charge in [0, 0.05) is 16.7 Å². The average Bonchev–Trinajstić information content (AvgIpc) is 2.98. The Hall–Kier alpha value is -2.99. The van der Waals surface area contributed by atoms with Crippen molar-refractivity contribution in [3.8, 4) is 11.3 Å². The predicted molar refractivity (Wildman–Crippen MR) is 80.9 cm³/mol. The van der Waals surface area contributed by atoms with Crippen LogP contribution in [0.1, 0.15) is 32.2 Å². The van der Waals surface area contributed by atoms with Crippen molar-refractivity contribution >= 4 is 23.2 Å². The molecule has 6 nitrogen and oxygen atoms in total. The van der Waals surface area contributed by atoms with Gasteiger partial charge < -0.3 is 9.51 Å². The lowest BCUT2D eigenvalue weighted by Crippen LogP contribution is -2.24. The van der Waals surface area contributed by atoms with Gasteiger partial charge in [0.2, 0.25) is 22.9 Å². The zero-order valence-electron chi connectivity index (χ0n) is 11.4. The van der Waals surface area contributed by atoms with Crippen LogP contribution >= 0.6 is 11.6 Å². The number of nitrogens with zero attached hydrogens (tertiary/aromatic N) is 1. The van der Waals surface area contributed by atoms with Crippen LogP contribution in [0.25, 0.3) is 11.3 Å². The minimum absolute atomic E-state index is 0.0752. The van der Waals surface area contributed by atoms with E-state index in [2.05, 4.69) is 10.1 Å². The second-order valence-corrected chi connectivity index (χ2v) is 5.45. The van der Waals surface area contributed by atoms with Gasteiger partial charge in [-0.05, 0) is 18.2 Å². The van der Waals surface area contributed by atoms with Gasteiger partial charge in [-0.15, -0.1) is 0 Å². The molecule has 2 aromatic heterocycles. The van der Waals surface area contributed by atoms with E-state index >= 15 is 0 Å². The van der Waals surface area contributed by atoms with Crippen LogP contribution in [-0.2, 0) is 0 Å². The fourth-order valence-electron chi connectivity index (χ4n) is 2.55. The standard InChI is InChI=1S/C16H7ClN2O4/c17-8-3-1-7(2-4-8)12-11-14(21)9-5-6-10(20)18-13(9)15(22)16(11)23-19-12/h1-6H,(H,18,20). The molecule has 0 aliphatic heterocycles. The Bertz CT molecular complexity index is 1030. The maximum atomic E-state index is 12.7. The van der Waals surface area contributed by atoms with E-state index in [1.54, 1.807) is 24.3 Å². The molecule has 2 heterocycles. The summed E-state index contributed by atoms with van der Waals surface area (Å²) in [4.78, 5) is 38.9. The summed E-state index contributed by atoms with van der Waals surface area (Å²) < 4.78 is 5.08. The summed E-state index contributed by atoms with van der Waals surface area (Å²) in [6.07, 6.45) is 0. The number of fused-ring (bicyclic) bond motifs is 2. The Morgan fingerprint density at radius 1 is 0.957 bits per heavy atom. The number of ketones is 2. The minimum atomic E-state index is -0.569. The number of hydrogen-bond donors (Lipinski definition) is 1. The van der Waals surface area contributed by atoms with Gasteiger partial charge in [0.15, 0.2) is 0 Å². The largest absolute Gasteiger partial charge is 0.351 e. The lowest BCUT2D eigenvalue weighted by atomic mass is 9.89. The Balaban J connectivity index is 1.95. The van der Waals surface area contributed by atoms with Crippen LogP contribution in [0.3, 0.4) is 0 Å². The van der Waals surface area contributed by atoms with Crippen molar-refractivity contribution in [2.75, 3.05) is 0 Å². The lowest BCUT2D eigenvalue weighted by molar-refractivity contribution is 0.0950. The summed E-state index contributed by atoms with van der Waals surface area (Å²) >= 11 is 5.85. The van der Waals surface area contributed by atoms with Crippen molar-refractivity contribution in [1.29, 1.82) is 0 Å². The Morgan fingerprint density at radius 3 is 2.43 bits per heavy atom. The maximum Gasteiger partial charge on any atom is 0.248 e. The van der Waals surface area contributed by atoms with Crippen molar-refractivity contribution in [2.24, 2.45) is 0 Å². The number of nitrogens with one attached hydrogen (secondary N) is 1.